The number of halogens is 1. The van der Waals surface area contributed by atoms with Gasteiger partial charge in [0.05, 0.1) is 0 Å². The zero-order valence-corrected chi connectivity index (χ0v) is 11.2. The van der Waals surface area contributed by atoms with E-state index in [1.54, 1.807) is 19.1 Å². The summed E-state index contributed by atoms with van der Waals surface area (Å²) in [5.41, 5.74) is 1.23. The molecule has 0 bridgehead atoms. The minimum atomic E-state index is -0.235. The molecular weight excluding hydrogens is 227 g/mol. The van der Waals surface area contributed by atoms with Crippen molar-refractivity contribution in [3.8, 4) is 0 Å². The normalized spacial score (nSPS) is 23.9. The molecule has 0 saturated heterocycles. The molecule has 0 aliphatic heterocycles. The van der Waals surface area contributed by atoms with Crippen LogP contribution in [0.5, 0.6) is 0 Å². The summed E-state index contributed by atoms with van der Waals surface area (Å²) in [5.74, 6) is 0.913. The Morgan fingerprint density at radius 3 is 2.50 bits per heavy atom. The molecule has 1 aliphatic rings. The van der Waals surface area contributed by atoms with E-state index in [0.717, 1.165) is 31.6 Å². The molecule has 0 spiro atoms. The second-order valence-electron chi connectivity index (χ2n) is 5.45. The number of benzene rings is 1. The largest absolute Gasteiger partial charge is 0.294 e. The Bertz CT molecular complexity index is 431. The second-order valence-corrected chi connectivity index (χ2v) is 5.45. The van der Waals surface area contributed by atoms with Gasteiger partial charge in [-0.05, 0) is 62.3 Å². The van der Waals surface area contributed by atoms with E-state index >= 15 is 0 Å². The van der Waals surface area contributed by atoms with E-state index in [0.29, 0.717) is 11.1 Å². The van der Waals surface area contributed by atoms with Crippen LogP contribution >= 0.6 is 0 Å². The number of carbonyl (C=O) groups excluding carboxylic acids is 1. The molecule has 0 atom stereocenters. The fraction of sp³-hybridized carbons (Fsp3) is 0.562. The highest BCUT2D eigenvalue weighted by molar-refractivity contribution is 5.98. The van der Waals surface area contributed by atoms with E-state index in [4.69, 9.17) is 0 Å². The molecule has 0 radical (unpaired) electrons. The molecule has 1 saturated carbocycles. The summed E-state index contributed by atoms with van der Waals surface area (Å²) in [6, 6.07) is 4.71. The molecule has 0 unspecified atom stereocenters. The summed E-state index contributed by atoms with van der Waals surface area (Å²) in [6.07, 6.45) is 5.53. The fourth-order valence-electron chi connectivity index (χ4n) is 2.87. The van der Waals surface area contributed by atoms with Gasteiger partial charge in [0.2, 0.25) is 0 Å². The van der Waals surface area contributed by atoms with Crippen molar-refractivity contribution >= 4 is 5.78 Å². The quantitative estimate of drug-likeness (QED) is 0.718. The first kappa shape index (κ1) is 13.3. The standard InChI is InChI=1S/C16H21FO/c1-3-12-4-6-13(7-5-12)16(18)14-8-9-15(17)11(2)10-14/h8-10,12-13H,3-7H2,1-2H3. The van der Waals surface area contributed by atoms with Crippen LogP contribution in [0.25, 0.3) is 0 Å². The van der Waals surface area contributed by atoms with E-state index in [9.17, 15) is 9.18 Å². The summed E-state index contributed by atoms with van der Waals surface area (Å²) in [7, 11) is 0. The Labute approximate surface area is 108 Å². The predicted octanol–water partition coefficient (Wildman–Crippen LogP) is 4.53. The van der Waals surface area contributed by atoms with E-state index < -0.39 is 0 Å². The molecule has 1 aromatic rings. The van der Waals surface area contributed by atoms with Crippen molar-refractivity contribution in [2.24, 2.45) is 11.8 Å². The van der Waals surface area contributed by atoms with Gasteiger partial charge in [0.1, 0.15) is 5.82 Å². The SMILES string of the molecule is CCC1CCC(C(=O)c2ccc(F)c(C)c2)CC1. The highest BCUT2D eigenvalue weighted by Gasteiger charge is 2.26. The van der Waals surface area contributed by atoms with Gasteiger partial charge in [0, 0.05) is 11.5 Å². The topological polar surface area (TPSA) is 17.1 Å². The van der Waals surface area contributed by atoms with Crippen molar-refractivity contribution in [3.05, 3.63) is 35.1 Å². The lowest BCUT2D eigenvalue weighted by Gasteiger charge is -2.26. The molecule has 0 aromatic heterocycles. The zero-order chi connectivity index (χ0) is 13.1. The Balaban J connectivity index is 2.05. The Hall–Kier alpha value is -1.18. The average Bonchev–Trinajstić information content (AvgIpc) is 2.41. The summed E-state index contributed by atoms with van der Waals surface area (Å²) >= 11 is 0. The van der Waals surface area contributed by atoms with Gasteiger partial charge in [0.25, 0.3) is 0 Å². The van der Waals surface area contributed by atoms with E-state index in [2.05, 4.69) is 6.92 Å². The van der Waals surface area contributed by atoms with Crippen molar-refractivity contribution < 1.29 is 9.18 Å². The van der Waals surface area contributed by atoms with Crippen molar-refractivity contribution in [2.45, 2.75) is 46.0 Å². The van der Waals surface area contributed by atoms with Gasteiger partial charge in [0.15, 0.2) is 5.78 Å². The Kier molecular flexibility index (Phi) is 4.15. The summed E-state index contributed by atoms with van der Waals surface area (Å²) in [5, 5.41) is 0. The van der Waals surface area contributed by atoms with Crippen LogP contribution < -0.4 is 0 Å². The molecule has 0 amide bonds. The maximum absolute atomic E-state index is 13.2. The van der Waals surface area contributed by atoms with Gasteiger partial charge >= 0.3 is 0 Å². The van der Waals surface area contributed by atoms with Gasteiger partial charge < -0.3 is 0 Å². The van der Waals surface area contributed by atoms with E-state index in [1.807, 2.05) is 0 Å². The molecule has 2 rings (SSSR count). The maximum atomic E-state index is 13.2. The number of ketones is 1. The smallest absolute Gasteiger partial charge is 0.165 e. The molecule has 0 heterocycles. The van der Waals surface area contributed by atoms with Crippen LogP contribution in [0.4, 0.5) is 4.39 Å². The van der Waals surface area contributed by atoms with Crippen LogP contribution in [0.3, 0.4) is 0 Å². The molecule has 98 valence electrons. The van der Waals surface area contributed by atoms with Crippen molar-refractivity contribution in [3.63, 3.8) is 0 Å². The summed E-state index contributed by atoms with van der Waals surface area (Å²) in [4.78, 5) is 12.3. The lowest BCUT2D eigenvalue weighted by atomic mass is 9.77. The van der Waals surface area contributed by atoms with Crippen LogP contribution in [0, 0.1) is 24.6 Å². The molecule has 1 aliphatic carbocycles. The van der Waals surface area contributed by atoms with Crippen molar-refractivity contribution in [1.82, 2.24) is 0 Å². The van der Waals surface area contributed by atoms with E-state index in [-0.39, 0.29) is 17.5 Å². The second kappa shape index (κ2) is 5.64. The van der Waals surface area contributed by atoms with Crippen LogP contribution in [0.15, 0.2) is 18.2 Å². The summed E-state index contributed by atoms with van der Waals surface area (Å²) in [6.45, 7) is 3.93. The molecule has 1 nitrogen and oxygen atoms in total. The van der Waals surface area contributed by atoms with Gasteiger partial charge in [-0.1, -0.05) is 13.3 Å². The van der Waals surface area contributed by atoms with Gasteiger partial charge in [-0.3, -0.25) is 4.79 Å². The molecule has 18 heavy (non-hydrogen) atoms. The lowest BCUT2D eigenvalue weighted by Crippen LogP contribution is -2.21. The first-order valence-corrected chi connectivity index (χ1v) is 6.92. The van der Waals surface area contributed by atoms with Crippen LogP contribution in [0.2, 0.25) is 0 Å². The van der Waals surface area contributed by atoms with Crippen LogP contribution in [-0.4, -0.2) is 5.78 Å². The zero-order valence-electron chi connectivity index (χ0n) is 11.2. The first-order chi connectivity index (χ1) is 8.61. The van der Waals surface area contributed by atoms with Gasteiger partial charge in [-0.15, -0.1) is 0 Å². The summed E-state index contributed by atoms with van der Waals surface area (Å²) < 4.78 is 13.2. The molecular formula is C16H21FO. The lowest BCUT2D eigenvalue weighted by molar-refractivity contribution is 0.0871. The van der Waals surface area contributed by atoms with Gasteiger partial charge in [-0.25, -0.2) is 4.39 Å². The molecule has 2 heteroatoms. The van der Waals surface area contributed by atoms with Crippen molar-refractivity contribution in [1.29, 1.82) is 0 Å². The predicted molar refractivity (Wildman–Crippen MR) is 71.2 cm³/mol. The third-order valence-electron chi connectivity index (χ3n) is 4.24. The van der Waals surface area contributed by atoms with Crippen LogP contribution in [0.1, 0.15) is 54.9 Å². The van der Waals surface area contributed by atoms with Crippen molar-refractivity contribution in [2.75, 3.05) is 0 Å². The molecule has 0 N–H and O–H groups in total. The monoisotopic (exact) mass is 248 g/mol. The van der Waals surface area contributed by atoms with E-state index in [1.165, 1.54) is 12.5 Å². The number of hydrogen-bond acceptors (Lipinski definition) is 1. The Morgan fingerprint density at radius 2 is 1.94 bits per heavy atom. The third-order valence-corrected chi connectivity index (χ3v) is 4.24. The maximum Gasteiger partial charge on any atom is 0.165 e. The Morgan fingerprint density at radius 1 is 1.28 bits per heavy atom. The highest BCUT2D eigenvalue weighted by atomic mass is 19.1. The number of Topliss-reactive ketones (excluding diaryl/α,β-unsaturated/α-hetero) is 1. The third kappa shape index (κ3) is 2.80. The number of rotatable bonds is 3. The van der Waals surface area contributed by atoms with Gasteiger partial charge in [-0.2, -0.15) is 0 Å². The first-order valence-electron chi connectivity index (χ1n) is 6.92. The minimum Gasteiger partial charge on any atom is -0.294 e. The molecule has 1 aromatic carbocycles. The number of hydrogen-bond donors (Lipinski definition) is 0. The minimum absolute atomic E-state index is 0.151. The number of carbonyl (C=O) groups is 1. The highest BCUT2D eigenvalue weighted by Crippen LogP contribution is 2.32. The average molecular weight is 248 g/mol. The van der Waals surface area contributed by atoms with Crippen LogP contribution in [-0.2, 0) is 0 Å². The molecule has 1 fully saturated rings. The number of aryl methyl sites for hydroxylation is 1. The fourth-order valence-corrected chi connectivity index (χ4v) is 2.87.